The minimum atomic E-state index is -4.67. The van der Waals surface area contributed by atoms with E-state index in [9.17, 15) is 18.0 Å². The van der Waals surface area contributed by atoms with E-state index in [1.54, 1.807) is 4.90 Å². The van der Waals surface area contributed by atoms with Gasteiger partial charge in [0.1, 0.15) is 0 Å². The van der Waals surface area contributed by atoms with E-state index in [4.69, 9.17) is 5.11 Å². The van der Waals surface area contributed by atoms with Gasteiger partial charge in [-0.15, -0.1) is 0 Å². The van der Waals surface area contributed by atoms with Crippen LogP contribution >= 0.6 is 0 Å². The zero-order chi connectivity index (χ0) is 14.1. The van der Waals surface area contributed by atoms with Crippen molar-refractivity contribution in [1.29, 1.82) is 0 Å². The van der Waals surface area contributed by atoms with Crippen molar-refractivity contribution in [3.63, 3.8) is 0 Å². The molecular formula is C12H20F3NO2. The fourth-order valence-electron chi connectivity index (χ4n) is 2.29. The average Bonchev–Trinajstić information content (AvgIpc) is 2.58. The molecule has 106 valence electrons. The summed E-state index contributed by atoms with van der Waals surface area (Å²) in [5, 5.41) is 8.65. The van der Waals surface area contributed by atoms with Crippen molar-refractivity contribution in [1.82, 2.24) is 4.90 Å². The monoisotopic (exact) mass is 267 g/mol. The Morgan fingerprint density at radius 1 is 1.39 bits per heavy atom. The number of hydrogen-bond donors (Lipinski definition) is 1. The van der Waals surface area contributed by atoms with Crippen LogP contribution in [0.3, 0.4) is 0 Å². The SMILES string of the molecule is CC(C)(C)C1CCN(CC(C(=O)O)C(F)(F)F)C1. The van der Waals surface area contributed by atoms with Gasteiger partial charge < -0.3 is 10.0 Å². The first-order valence-corrected chi connectivity index (χ1v) is 6.03. The molecule has 1 fully saturated rings. The molecule has 0 aromatic heterocycles. The van der Waals surface area contributed by atoms with Crippen molar-refractivity contribution in [2.45, 2.75) is 33.4 Å². The number of likely N-dealkylation sites (tertiary alicyclic amines) is 1. The molecule has 0 bridgehead atoms. The standard InChI is InChI=1S/C12H20F3NO2/c1-11(2,3)8-4-5-16(6-8)7-9(10(17)18)12(13,14)15/h8-9H,4-7H2,1-3H3,(H,17,18). The Hall–Kier alpha value is -0.780. The lowest BCUT2D eigenvalue weighted by molar-refractivity contribution is -0.196. The third-order valence-corrected chi connectivity index (χ3v) is 3.63. The maximum absolute atomic E-state index is 12.5. The molecule has 18 heavy (non-hydrogen) atoms. The van der Waals surface area contributed by atoms with Crippen LogP contribution in [-0.2, 0) is 4.79 Å². The Labute approximate surface area is 105 Å². The highest BCUT2D eigenvalue weighted by Crippen LogP contribution is 2.35. The van der Waals surface area contributed by atoms with Crippen LogP contribution in [0.2, 0.25) is 0 Å². The molecule has 1 aliphatic rings. The van der Waals surface area contributed by atoms with Gasteiger partial charge >= 0.3 is 12.1 Å². The van der Waals surface area contributed by atoms with Gasteiger partial charge in [-0.1, -0.05) is 20.8 Å². The van der Waals surface area contributed by atoms with E-state index >= 15 is 0 Å². The van der Waals surface area contributed by atoms with Crippen molar-refractivity contribution < 1.29 is 23.1 Å². The Kier molecular flexibility index (Phi) is 4.30. The fourth-order valence-corrected chi connectivity index (χ4v) is 2.29. The second-order valence-electron chi connectivity index (χ2n) is 6.04. The molecule has 0 aromatic carbocycles. The highest BCUT2D eigenvalue weighted by molar-refractivity contribution is 5.71. The Balaban J connectivity index is 2.61. The van der Waals surface area contributed by atoms with Crippen molar-refractivity contribution in [2.75, 3.05) is 19.6 Å². The van der Waals surface area contributed by atoms with E-state index in [1.807, 2.05) is 0 Å². The molecule has 1 aliphatic heterocycles. The number of halogens is 3. The number of nitrogens with zero attached hydrogens (tertiary/aromatic N) is 1. The van der Waals surface area contributed by atoms with Crippen molar-refractivity contribution in [2.24, 2.45) is 17.3 Å². The maximum atomic E-state index is 12.5. The molecule has 6 heteroatoms. The summed E-state index contributed by atoms with van der Waals surface area (Å²) in [5.41, 5.74) is 0.0473. The van der Waals surface area contributed by atoms with Gasteiger partial charge in [0.2, 0.25) is 0 Å². The molecule has 0 spiro atoms. The van der Waals surface area contributed by atoms with Crippen LogP contribution < -0.4 is 0 Å². The Morgan fingerprint density at radius 3 is 2.28 bits per heavy atom. The lowest BCUT2D eigenvalue weighted by Crippen LogP contribution is -2.41. The van der Waals surface area contributed by atoms with Gasteiger partial charge in [0.15, 0.2) is 5.92 Å². The summed E-state index contributed by atoms with van der Waals surface area (Å²) in [5.74, 6) is -3.75. The van der Waals surface area contributed by atoms with Gasteiger partial charge in [-0.3, -0.25) is 4.79 Å². The van der Waals surface area contributed by atoms with Crippen LogP contribution in [-0.4, -0.2) is 41.8 Å². The first kappa shape index (κ1) is 15.3. The maximum Gasteiger partial charge on any atom is 0.403 e. The minimum Gasteiger partial charge on any atom is -0.481 e. The number of rotatable bonds is 3. The van der Waals surface area contributed by atoms with Crippen LogP contribution in [0, 0.1) is 17.3 Å². The molecule has 2 unspecified atom stereocenters. The van der Waals surface area contributed by atoms with Crippen molar-refractivity contribution in [3.8, 4) is 0 Å². The third-order valence-electron chi connectivity index (χ3n) is 3.63. The molecule has 0 saturated carbocycles. The van der Waals surface area contributed by atoms with Crippen molar-refractivity contribution in [3.05, 3.63) is 0 Å². The van der Waals surface area contributed by atoms with Crippen LogP contribution in [0.1, 0.15) is 27.2 Å². The molecule has 1 rings (SSSR count). The van der Waals surface area contributed by atoms with E-state index < -0.39 is 24.6 Å². The lowest BCUT2D eigenvalue weighted by Gasteiger charge is -2.28. The van der Waals surface area contributed by atoms with Crippen LogP contribution in [0.15, 0.2) is 0 Å². The Bertz CT molecular complexity index is 309. The third kappa shape index (κ3) is 3.86. The summed E-state index contributed by atoms with van der Waals surface area (Å²) in [6.45, 7) is 6.81. The Morgan fingerprint density at radius 2 is 1.94 bits per heavy atom. The number of carbonyl (C=O) groups is 1. The van der Waals surface area contributed by atoms with E-state index in [2.05, 4.69) is 20.8 Å². The molecule has 3 nitrogen and oxygen atoms in total. The second kappa shape index (κ2) is 5.07. The molecule has 0 aliphatic carbocycles. The predicted octanol–water partition coefficient (Wildman–Crippen LogP) is 2.62. The summed E-state index contributed by atoms with van der Waals surface area (Å²) < 4.78 is 37.6. The van der Waals surface area contributed by atoms with E-state index in [0.717, 1.165) is 6.42 Å². The quantitative estimate of drug-likeness (QED) is 0.854. The van der Waals surface area contributed by atoms with Gasteiger partial charge in [-0.25, -0.2) is 0 Å². The first-order chi connectivity index (χ1) is 8.01. The zero-order valence-corrected chi connectivity index (χ0v) is 10.9. The molecule has 0 amide bonds. The number of hydrogen-bond acceptors (Lipinski definition) is 2. The van der Waals surface area contributed by atoms with Gasteiger partial charge in [0.05, 0.1) is 0 Å². The highest BCUT2D eigenvalue weighted by atomic mass is 19.4. The van der Waals surface area contributed by atoms with Crippen molar-refractivity contribution >= 4 is 5.97 Å². The number of carboxylic acid groups (broad SMARTS) is 1. The molecular weight excluding hydrogens is 247 g/mol. The molecule has 0 aromatic rings. The van der Waals surface area contributed by atoms with Gasteiger partial charge in [-0.2, -0.15) is 13.2 Å². The molecule has 0 radical (unpaired) electrons. The van der Waals surface area contributed by atoms with Gasteiger partial charge in [0, 0.05) is 13.1 Å². The highest BCUT2D eigenvalue weighted by Gasteiger charge is 2.47. The van der Waals surface area contributed by atoms with E-state index in [1.165, 1.54) is 0 Å². The summed E-state index contributed by atoms with van der Waals surface area (Å²) in [6, 6.07) is 0. The normalized spacial score (nSPS) is 24.2. The number of aliphatic carboxylic acids is 1. The number of alkyl halides is 3. The van der Waals surface area contributed by atoms with Gasteiger partial charge in [0.25, 0.3) is 0 Å². The van der Waals surface area contributed by atoms with Gasteiger partial charge in [-0.05, 0) is 24.3 Å². The zero-order valence-electron chi connectivity index (χ0n) is 10.9. The summed E-state index contributed by atoms with van der Waals surface area (Å²) in [7, 11) is 0. The lowest BCUT2D eigenvalue weighted by atomic mass is 9.80. The van der Waals surface area contributed by atoms with E-state index in [-0.39, 0.29) is 5.41 Å². The molecule has 1 heterocycles. The topological polar surface area (TPSA) is 40.5 Å². The fraction of sp³-hybridized carbons (Fsp3) is 0.917. The average molecular weight is 267 g/mol. The summed E-state index contributed by atoms with van der Waals surface area (Å²) >= 11 is 0. The molecule has 1 saturated heterocycles. The molecule has 1 N–H and O–H groups in total. The number of carboxylic acids is 1. The van der Waals surface area contributed by atoms with Crippen LogP contribution in [0.25, 0.3) is 0 Å². The summed E-state index contributed by atoms with van der Waals surface area (Å²) in [6.07, 6.45) is -3.85. The second-order valence-corrected chi connectivity index (χ2v) is 6.04. The summed E-state index contributed by atoms with van der Waals surface area (Å²) in [4.78, 5) is 12.3. The molecule has 2 atom stereocenters. The van der Waals surface area contributed by atoms with Crippen LogP contribution in [0.5, 0.6) is 0 Å². The smallest absolute Gasteiger partial charge is 0.403 e. The largest absolute Gasteiger partial charge is 0.481 e. The minimum absolute atomic E-state index is 0.0473. The van der Waals surface area contributed by atoms with E-state index in [0.29, 0.717) is 19.0 Å². The van der Waals surface area contributed by atoms with Crippen LogP contribution in [0.4, 0.5) is 13.2 Å². The predicted molar refractivity (Wildman–Crippen MR) is 61.2 cm³/mol. The first-order valence-electron chi connectivity index (χ1n) is 6.03.